The lowest BCUT2D eigenvalue weighted by Gasteiger charge is -2.05. The molecule has 0 saturated carbocycles. The van der Waals surface area contributed by atoms with Crippen molar-refractivity contribution < 1.29 is 9.53 Å². The summed E-state index contributed by atoms with van der Waals surface area (Å²) >= 11 is 0. The highest BCUT2D eigenvalue weighted by Gasteiger charge is 2.05. The number of benzene rings is 1. The normalized spacial score (nSPS) is 9.56. The van der Waals surface area contributed by atoms with Crippen molar-refractivity contribution in [2.75, 3.05) is 18.5 Å². The van der Waals surface area contributed by atoms with E-state index in [1.807, 2.05) is 12.1 Å². The minimum Gasteiger partial charge on any atom is -0.458 e. The number of carbonyl (C=O) groups is 1. The largest absolute Gasteiger partial charge is 0.458 e. The zero-order valence-corrected chi connectivity index (χ0v) is 9.53. The van der Waals surface area contributed by atoms with Crippen LogP contribution in [0.2, 0.25) is 0 Å². The van der Waals surface area contributed by atoms with Crippen molar-refractivity contribution >= 4 is 11.7 Å². The van der Waals surface area contributed by atoms with E-state index < -0.39 is 0 Å². The summed E-state index contributed by atoms with van der Waals surface area (Å²) in [4.78, 5) is 11.4. The van der Waals surface area contributed by atoms with Crippen LogP contribution in [0.25, 0.3) is 0 Å². The van der Waals surface area contributed by atoms with E-state index in [4.69, 9.17) is 4.74 Å². The van der Waals surface area contributed by atoms with Gasteiger partial charge in [-0.3, -0.25) is 0 Å². The first kappa shape index (κ1) is 12.3. The molecule has 1 N–H and O–H groups in total. The summed E-state index contributed by atoms with van der Waals surface area (Å²) in [6, 6.07) is 7.26. The van der Waals surface area contributed by atoms with Gasteiger partial charge in [-0.05, 0) is 30.7 Å². The van der Waals surface area contributed by atoms with Gasteiger partial charge in [-0.1, -0.05) is 19.6 Å². The molecule has 0 aliphatic carbocycles. The van der Waals surface area contributed by atoms with Gasteiger partial charge < -0.3 is 10.1 Å². The fourth-order valence-electron chi connectivity index (χ4n) is 1.21. The molecular formula is C13H17NO2. The van der Waals surface area contributed by atoms with E-state index in [0.717, 1.165) is 18.7 Å². The van der Waals surface area contributed by atoms with Crippen LogP contribution in [0, 0.1) is 0 Å². The molecule has 0 heterocycles. The molecule has 0 amide bonds. The molecule has 0 bridgehead atoms. The summed E-state index contributed by atoms with van der Waals surface area (Å²) in [5.74, 6) is -0.318. The molecule has 0 aliphatic rings. The molecule has 0 unspecified atom stereocenters. The van der Waals surface area contributed by atoms with Crippen LogP contribution in [0.3, 0.4) is 0 Å². The third kappa shape index (κ3) is 3.77. The fourth-order valence-corrected chi connectivity index (χ4v) is 1.21. The molecule has 1 aromatic rings. The summed E-state index contributed by atoms with van der Waals surface area (Å²) in [7, 11) is 0. The number of hydrogen-bond acceptors (Lipinski definition) is 3. The maximum absolute atomic E-state index is 11.4. The minimum atomic E-state index is -0.318. The Kier molecular flexibility index (Phi) is 5.12. The summed E-state index contributed by atoms with van der Waals surface area (Å²) in [5.41, 5.74) is 1.58. The Bertz CT molecular complexity index is 343. The first-order chi connectivity index (χ1) is 7.77. The monoisotopic (exact) mass is 219 g/mol. The Morgan fingerprint density at radius 3 is 2.69 bits per heavy atom. The molecule has 86 valence electrons. The van der Waals surface area contributed by atoms with Gasteiger partial charge in [0, 0.05) is 12.2 Å². The average Bonchev–Trinajstić information content (AvgIpc) is 2.34. The number of ether oxygens (including phenoxy) is 1. The highest BCUT2D eigenvalue weighted by Crippen LogP contribution is 2.10. The first-order valence-corrected chi connectivity index (χ1v) is 5.40. The quantitative estimate of drug-likeness (QED) is 0.590. The van der Waals surface area contributed by atoms with Crippen LogP contribution in [-0.2, 0) is 4.74 Å². The van der Waals surface area contributed by atoms with Crippen molar-refractivity contribution in [1.82, 2.24) is 0 Å². The topological polar surface area (TPSA) is 38.3 Å². The van der Waals surface area contributed by atoms with Crippen molar-refractivity contribution in [3.63, 3.8) is 0 Å². The molecule has 0 saturated heterocycles. The summed E-state index contributed by atoms with van der Waals surface area (Å²) in [6.07, 6.45) is 2.62. The smallest absolute Gasteiger partial charge is 0.338 e. The zero-order chi connectivity index (χ0) is 11.8. The maximum Gasteiger partial charge on any atom is 0.338 e. The Balaban J connectivity index is 2.56. The van der Waals surface area contributed by atoms with Crippen molar-refractivity contribution in [2.45, 2.75) is 13.3 Å². The first-order valence-electron chi connectivity index (χ1n) is 5.40. The molecule has 0 spiro atoms. The highest BCUT2D eigenvalue weighted by atomic mass is 16.5. The Morgan fingerprint density at radius 1 is 1.44 bits per heavy atom. The lowest BCUT2D eigenvalue weighted by atomic mass is 10.2. The van der Waals surface area contributed by atoms with Crippen LogP contribution >= 0.6 is 0 Å². The van der Waals surface area contributed by atoms with Crippen LogP contribution in [-0.4, -0.2) is 19.1 Å². The number of nitrogens with one attached hydrogen (secondary N) is 1. The number of anilines is 1. The van der Waals surface area contributed by atoms with Gasteiger partial charge in [-0.25, -0.2) is 4.79 Å². The predicted molar refractivity (Wildman–Crippen MR) is 65.7 cm³/mol. The third-order valence-electron chi connectivity index (χ3n) is 2.03. The lowest BCUT2D eigenvalue weighted by molar-refractivity contribution is 0.0550. The van der Waals surface area contributed by atoms with E-state index in [1.54, 1.807) is 18.2 Å². The molecule has 0 aromatic heterocycles. The maximum atomic E-state index is 11.4. The molecule has 3 nitrogen and oxygen atoms in total. The summed E-state index contributed by atoms with van der Waals surface area (Å²) in [5, 5.41) is 3.24. The second-order valence-electron chi connectivity index (χ2n) is 3.39. The van der Waals surface area contributed by atoms with E-state index in [-0.39, 0.29) is 12.6 Å². The Labute approximate surface area is 96.1 Å². The number of rotatable bonds is 6. The van der Waals surface area contributed by atoms with Crippen molar-refractivity contribution in [1.29, 1.82) is 0 Å². The van der Waals surface area contributed by atoms with Crippen LogP contribution in [0.5, 0.6) is 0 Å². The second kappa shape index (κ2) is 6.67. The van der Waals surface area contributed by atoms with E-state index in [1.165, 1.54) is 0 Å². The van der Waals surface area contributed by atoms with Gasteiger partial charge in [0.15, 0.2) is 0 Å². The molecule has 0 atom stereocenters. The van der Waals surface area contributed by atoms with Crippen molar-refractivity contribution in [3.05, 3.63) is 42.5 Å². The standard InChI is InChI=1S/C13H17NO2/c1-3-9-14-12-7-5-11(6-8-12)13(15)16-10-4-2/h4-8,14H,2-3,9-10H2,1H3. The molecule has 0 aliphatic heterocycles. The SMILES string of the molecule is C=CCOC(=O)c1ccc(NCCC)cc1. The van der Waals surface area contributed by atoms with E-state index in [9.17, 15) is 4.79 Å². The van der Waals surface area contributed by atoms with Gasteiger partial charge in [0.05, 0.1) is 5.56 Å². The molecule has 0 fully saturated rings. The zero-order valence-electron chi connectivity index (χ0n) is 9.53. The van der Waals surface area contributed by atoms with Gasteiger partial charge >= 0.3 is 5.97 Å². The molecule has 3 heteroatoms. The van der Waals surface area contributed by atoms with Crippen molar-refractivity contribution in [2.24, 2.45) is 0 Å². The van der Waals surface area contributed by atoms with Gasteiger partial charge in [0.2, 0.25) is 0 Å². The van der Waals surface area contributed by atoms with Gasteiger partial charge in [-0.2, -0.15) is 0 Å². The molecule has 1 rings (SSSR count). The number of esters is 1. The van der Waals surface area contributed by atoms with Gasteiger partial charge in [-0.15, -0.1) is 0 Å². The predicted octanol–water partition coefficient (Wildman–Crippen LogP) is 2.85. The second-order valence-corrected chi connectivity index (χ2v) is 3.39. The highest BCUT2D eigenvalue weighted by molar-refractivity contribution is 5.89. The molecule has 1 aromatic carbocycles. The van der Waals surface area contributed by atoms with Gasteiger partial charge in [0.1, 0.15) is 6.61 Å². The average molecular weight is 219 g/mol. The third-order valence-corrected chi connectivity index (χ3v) is 2.03. The Hall–Kier alpha value is -1.77. The van der Waals surface area contributed by atoms with E-state index >= 15 is 0 Å². The van der Waals surface area contributed by atoms with Crippen LogP contribution in [0.15, 0.2) is 36.9 Å². The molecule has 16 heavy (non-hydrogen) atoms. The minimum absolute atomic E-state index is 0.245. The number of carbonyl (C=O) groups excluding carboxylic acids is 1. The number of hydrogen-bond donors (Lipinski definition) is 1. The molecule has 0 radical (unpaired) electrons. The van der Waals surface area contributed by atoms with Crippen LogP contribution in [0.1, 0.15) is 23.7 Å². The fraction of sp³-hybridized carbons (Fsp3) is 0.308. The lowest BCUT2D eigenvalue weighted by Crippen LogP contribution is -2.05. The van der Waals surface area contributed by atoms with E-state index in [0.29, 0.717) is 5.56 Å². The summed E-state index contributed by atoms with van der Waals surface area (Å²) in [6.45, 7) is 6.77. The summed E-state index contributed by atoms with van der Waals surface area (Å²) < 4.78 is 4.92. The van der Waals surface area contributed by atoms with E-state index in [2.05, 4.69) is 18.8 Å². The van der Waals surface area contributed by atoms with Gasteiger partial charge in [0.25, 0.3) is 0 Å². The Morgan fingerprint density at radius 2 is 2.12 bits per heavy atom. The van der Waals surface area contributed by atoms with Crippen LogP contribution < -0.4 is 5.32 Å². The molecular weight excluding hydrogens is 202 g/mol. The van der Waals surface area contributed by atoms with Crippen LogP contribution in [0.4, 0.5) is 5.69 Å². The van der Waals surface area contributed by atoms with Crippen molar-refractivity contribution in [3.8, 4) is 0 Å².